The number of imidazole rings is 1. The van der Waals surface area contributed by atoms with Gasteiger partial charge in [0.15, 0.2) is 0 Å². The number of halogens is 1. The van der Waals surface area contributed by atoms with Gasteiger partial charge in [-0.05, 0) is 55.7 Å². The van der Waals surface area contributed by atoms with E-state index in [1.165, 1.54) is 12.1 Å². The maximum absolute atomic E-state index is 13.3. The Morgan fingerprint density at radius 2 is 1.85 bits per heavy atom. The highest BCUT2D eigenvalue weighted by atomic mass is 19.1. The second-order valence-electron chi connectivity index (χ2n) is 7.17. The first-order valence-corrected chi connectivity index (χ1v) is 9.00. The topological polar surface area (TPSA) is 46.9 Å². The SMILES string of the molecule is Cc1nc2cc(C(=O)NC3(c4ccc(F)cc4)CCCC3)ccc2n1C. The van der Waals surface area contributed by atoms with Crippen LogP contribution >= 0.6 is 0 Å². The Labute approximate surface area is 152 Å². The number of aryl methyl sites for hydroxylation is 2. The van der Waals surface area contributed by atoms with Gasteiger partial charge in [0.25, 0.3) is 5.91 Å². The van der Waals surface area contributed by atoms with Crippen LogP contribution in [0, 0.1) is 12.7 Å². The molecule has 134 valence electrons. The normalized spacial score (nSPS) is 16.1. The lowest BCUT2D eigenvalue weighted by atomic mass is 9.87. The first-order chi connectivity index (χ1) is 12.5. The lowest BCUT2D eigenvalue weighted by Crippen LogP contribution is -2.43. The van der Waals surface area contributed by atoms with Gasteiger partial charge >= 0.3 is 0 Å². The molecule has 0 radical (unpaired) electrons. The summed E-state index contributed by atoms with van der Waals surface area (Å²) in [7, 11) is 1.96. The highest BCUT2D eigenvalue weighted by Gasteiger charge is 2.37. The minimum absolute atomic E-state index is 0.110. The molecule has 1 amide bonds. The van der Waals surface area contributed by atoms with E-state index in [9.17, 15) is 9.18 Å². The average molecular weight is 351 g/mol. The Hall–Kier alpha value is -2.69. The minimum atomic E-state index is -0.417. The van der Waals surface area contributed by atoms with Crippen molar-refractivity contribution < 1.29 is 9.18 Å². The fraction of sp³-hybridized carbons (Fsp3) is 0.333. The van der Waals surface area contributed by atoms with E-state index in [1.54, 1.807) is 12.1 Å². The zero-order chi connectivity index (χ0) is 18.3. The number of nitrogens with zero attached hydrogens (tertiary/aromatic N) is 2. The van der Waals surface area contributed by atoms with Crippen molar-refractivity contribution in [3.63, 3.8) is 0 Å². The molecule has 26 heavy (non-hydrogen) atoms. The smallest absolute Gasteiger partial charge is 0.252 e. The molecule has 2 aromatic carbocycles. The molecule has 0 saturated heterocycles. The van der Waals surface area contributed by atoms with Gasteiger partial charge in [0.05, 0.1) is 16.6 Å². The van der Waals surface area contributed by atoms with Gasteiger partial charge in [0.1, 0.15) is 11.6 Å². The Bertz CT molecular complexity index is 969. The average Bonchev–Trinajstić information content (AvgIpc) is 3.21. The largest absolute Gasteiger partial charge is 0.343 e. The fourth-order valence-corrected chi connectivity index (χ4v) is 3.98. The van der Waals surface area contributed by atoms with Crippen molar-refractivity contribution >= 4 is 16.9 Å². The molecule has 1 fully saturated rings. The molecule has 1 aromatic heterocycles. The number of hydrogen-bond donors (Lipinski definition) is 1. The number of rotatable bonds is 3. The molecule has 1 heterocycles. The van der Waals surface area contributed by atoms with E-state index in [2.05, 4.69) is 10.3 Å². The molecule has 1 N–H and O–H groups in total. The first kappa shape index (κ1) is 16.8. The molecule has 4 rings (SSSR count). The van der Waals surface area contributed by atoms with E-state index in [-0.39, 0.29) is 11.7 Å². The number of nitrogens with one attached hydrogen (secondary N) is 1. The number of carbonyl (C=O) groups is 1. The van der Waals surface area contributed by atoms with E-state index in [1.807, 2.05) is 36.7 Å². The van der Waals surface area contributed by atoms with Gasteiger partial charge in [0, 0.05) is 12.6 Å². The van der Waals surface area contributed by atoms with Crippen LogP contribution in [0.1, 0.15) is 47.4 Å². The van der Waals surface area contributed by atoms with Crippen LogP contribution < -0.4 is 5.32 Å². The van der Waals surface area contributed by atoms with E-state index < -0.39 is 5.54 Å². The van der Waals surface area contributed by atoms with Crippen molar-refractivity contribution in [3.8, 4) is 0 Å². The van der Waals surface area contributed by atoms with Crippen LogP contribution in [0.3, 0.4) is 0 Å². The third kappa shape index (κ3) is 2.77. The molecule has 0 atom stereocenters. The quantitative estimate of drug-likeness (QED) is 0.768. The molecule has 0 unspecified atom stereocenters. The van der Waals surface area contributed by atoms with Crippen LogP contribution in [0.25, 0.3) is 11.0 Å². The number of hydrogen-bond acceptors (Lipinski definition) is 2. The molecule has 1 saturated carbocycles. The summed E-state index contributed by atoms with van der Waals surface area (Å²) in [5.74, 6) is 0.543. The van der Waals surface area contributed by atoms with E-state index >= 15 is 0 Å². The first-order valence-electron chi connectivity index (χ1n) is 9.00. The lowest BCUT2D eigenvalue weighted by molar-refractivity contribution is 0.0898. The summed E-state index contributed by atoms with van der Waals surface area (Å²) in [5, 5.41) is 3.23. The maximum Gasteiger partial charge on any atom is 0.252 e. The number of amides is 1. The van der Waals surface area contributed by atoms with Crippen molar-refractivity contribution in [2.75, 3.05) is 0 Å². The van der Waals surface area contributed by atoms with E-state index in [0.29, 0.717) is 5.56 Å². The van der Waals surface area contributed by atoms with Crippen molar-refractivity contribution in [2.45, 2.75) is 38.1 Å². The van der Waals surface area contributed by atoms with Crippen LogP contribution in [-0.4, -0.2) is 15.5 Å². The molecular formula is C21H22FN3O. The van der Waals surface area contributed by atoms with Gasteiger partial charge < -0.3 is 9.88 Å². The van der Waals surface area contributed by atoms with Gasteiger partial charge in [0.2, 0.25) is 0 Å². The lowest BCUT2D eigenvalue weighted by Gasteiger charge is -2.31. The van der Waals surface area contributed by atoms with Gasteiger partial charge in [-0.2, -0.15) is 0 Å². The summed E-state index contributed by atoms with van der Waals surface area (Å²) >= 11 is 0. The summed E-state index contributed by atoms with van der Waals surface area (Å²) < 4.78 is 15.3. The van der Waals surface area contributed by atoms with Crippen molar-refractivity contribution in [1.29, 1.82) is 0 Å². The van der Waals surface area contributed by atoms with Crippen molar-refractivity contribution in [1.82, 2.24) is 14.9 Å². The molecule has 0 aliphatic heterocycles. The van der Waals surface area contributed by atoms with Crippen molar-refractivity contribution in [2.24, 2.45) is 7.05 Å². The second-order valence-corrected chi connectivity index (χ2v) is 7.17. The predicted molar refractivity (Wildman–Crippen MR) is 99.5 cm³/mol. The third-order valence-electron chi connectivity index (χ3n) is 5.57. The molecule has 4 nitrogen and oxygen atoms in total. The second kappa shape index (κ2) is 6.24. The van der Waals surface area contributed by atoms with Gasteiger partial charge in [-0.15, -0.1) is 0 Å². The highest BCUT2D eigenvalue weighted by Crippen LogP contribution is 2.39. The molecular weight excluding hydrogens is 329 g/mol. The maximum atomic E-state index is 13.3. The van der Waals surface area contributed by atoms with Crippen LogP contribution in [0.15, 0.2) is 42.5 Å². The van der Waals surface area contributed by atoms with E-state index in [4.69, 9.17) is 0 Å². The number of aromatic nitrogens is 2. The molecule has 1 aliphatic rings. The molecule has 5 heteroatoms. The fourth-order valence-electron chi connectivity index (χ4n) is 3.98. The zero-order valence-corrected chi connectivity index (χ0v) is 15.1. The summed E-state index contributed by atoms with van der Waals surface area (Å²) in [6, 6.07) is 12.1. The summed E-state index contributed by atoms with van der Waals surface area (Å²) in [4.78, 5) is 17.5. The number of benzene rings is 2. The van der Waals surface area contributed by atoms with Crippen LogP contribution in [-0.2, 0) is 12.6 Å². The van der Waals surface area contributed by atoms with Gasteiger partial charge in [-0.25, -0.2) is 9.37 Å². The Morgan fingerprint density at radius 3 is 2.54 bits per heavy atom. The zero-order valence-electron chi connectivity index (χ0n) is 15.1. The monoisotopic (exact) mass is 351 g/mol. The van der Waals surface area contributed by atoms with Crippen molar-refractivity contribution in [3.05, 3.63) is 65.2 Å². The van der Waals surface area contributed by atoms with Crippen LogP contribution in [0.2, 0.25) is 0 Å². The van der Waals surface area contributed by atoms with Gasteiger partial charge in [-0.3, -0.25) is 4.79 Å². The Balaban J connectivity index is 1.66. The summed E-state index contributed by atoms with van der Waals surface area (Å²) in [5.41, 5.74) is 2.98. The standard InChI is InChI=1S/C21H22FN3O/c1-14-23-18-13-15(5-10-19(18)25(14)2)20(26)24-21(11-3-4-12-21)16-6-8-17(22)9-7-16/h5-10,13H,3-4,11-12H2,1-2H3,(H,24,26). The Kier molecular flexibility index (Phi) is 4.02. The van der Waals surface area contributed by atoms with Gasteiger partial charge in [-0.1, -0.05) is 25.0 Å². The highest BCUT2D eigenvalue weighted by molar-refractivity contribution is 5.98. The number of fused-ring (bicyclic) bond motifs is 1. The Morgan fingerprint density at radius 1 is 1.15 bits per heavy atom. The summed E-state index contributed by atoms with van der Waals surface area (Å²) in [6.07, 6.45) is 3.84. The molecule has 3 aromatic rings. The van der Waals surface area contributed by atoms with Crippen LogP contribution in [0.4, 0.5) is 4.39 Å². The number of carbonyl (C=O) groups excluding carboxylic acids is 1. The summed E-state index contributed by atoms with van der Waals surface area (Å²) in [6.45, 7) is 1.95. The van der Waals surface area contributed by atoms with E-state index in [0.717, 1.165) is 48.1 Å². The molecule has 0 bridgehead atoms. The predicted octanol–water partition coefficient (Wildman–Crippen LogP) is 4.22. The minimum Gasteiger partial charge on any atom is -0.343 e. The molecule has 1 aliphatic carbocycles. The van der Waals surface area contributed by atoms with Crippen LogP contribution in [0.5, 0.6) is 0 Å². The third-order valence-corrected chi connectivity index (χ3v) is 5.57. The molecule has 0 spiro atoms.